The predicted octanol–water partition coefficient (Wildman–Crippen LogP) is 8.46. The summed E-state index contributed by atoms with van der Waals surface area (Å²) < 4.78 is 31.8. The van der Waals surface area contributed by atoms with E-state index in [9.17, 15) is 13.5 Å². The summed E-state index contributed by atoms with van der Waals surface area (Å²) in [7, 11) is -3.96. The normalized spacial score (nSPS) is 12.8. The van der Waals surface area contributed by atoms with E-state index in [0.29, 0.717) is 22.3 Å². The number of rotatable bonds is 8. The monoisotopic (exact) mass is 659 g/mol. The van der Waals surface area contributed by atoms with Crippen LogP contribution in [-0.2, 0) is 15.6 Å². The molecule has 0 saturated heterocycles. The van der Waals surface area contributed by atoms with E-state index in [1.807, 2.05) is 104 Å². The van der Waals surface area contributed by atoms with Crippen LogP contribution in [0.25, 0.3) is 21.8 Å². The van der Waals surface area contributed by atoms with Gasteiger partial charge in [0.2, 0.25) is 0 Å². The second-order valence-electron chi connectivity index (χ2n) is 12.3. The SMILES string of the molecule is Cc1ccc(S(=O)(=O)n2c3ccccc3c3ccc(C(O)c4cn(C(c5ccccc5)(c5ccccc5)c5ccccc5)cn4)cc32)cc1. The minimum absolute atomic E-state index is 0.199. The number of aliphatic hydroxyl groups is 1. The van der Waals surface area contributed by atoms with Gasteiger partial charge in [-0.25, -0.2) is 17.4 Å². The van der Waals surface area contributed by atoms with Gasteiger partial charge in [0.25, 0.3) is 10.0 Å². The highest BCUT2D eigenvalue weighted by atomic mass is 32.2. The standard InChI is InChI=1S/C42H33N3O3S/c1-30-21-24-35(25-22-30)49(47,48)45-39-20-12-11-19-36(39)37-26-23-31(27-40(37)45)41(46)38-28-44(29-43-38)42(32-13-5-2-6-14-32,33-15-7-3-8-16-33)34-17-9-4-10-18-34/h2-29,41,46H,1H3. The van der Waals surface area contributed by atoms with Gasteiger partial charge in [0.1, 0.15) is 11.6 Å². The lowest BCUT2D eigenvalue weighted by Gasteiger charge is -2.37. The summed E-state index contributed by atoms with van der Waals surface area (Å²) in [6.45, 7) is 1.93. The lowest BCUT2D eigenvalue weighted by molar-refractivity contribution is 0.216. The molecule has 8 aromatic rings. The Kier molecular flexibility index (Phi) is 7.51. The van der Waals surface area contributed by atoms with Crippen molar-refractivity contribution in [2.75, 3.05) is 0 Å². The van der Waals surface area contributed by atoms with Crippen molar-refractivity contribution in [1.82, 2.24) is 13.5 Å². The highest BCUT2D eigenvalue weighted by molar-refractivity contribution is 7.90. The zero-order valence-corrected chi connectivity index (χ0v) is 27.6. The topological polar surface area (TPSA) is 77.1 Å². The van der Waals surface area contributed by atoms with Crippen LogP contribution in [0.15, 0.2) is 175 Å². The summed E-state index contributed by atoms with van der Waals surface area (Å²) in [6.07, 6.45) is 2.53. The van der Waals surface area contributed by atoms with Gasteiger partial charge in [-0.1, -0.05) is 139 Å². The number of imidazole rings is 1. The molecule has 0 saturated carbocycles. The molecule has 0 bridgehead atoms. The summed E-state index contributed by atoms with van der Waals surface area (Å²) in [5.74, 6) is 0. The Bertz CT molecular complexity index is 2430. The van der Waals surface area contributed by atoms with Crippen LogP contribution in [0, 0.1) is 6.92 Å². The van der Waals surface area contributed by atoms with Crippen molar-refractivity contribution in [3.05, 3.63) is 204 Å². The molecule has 0 aliphatic rings. The number of nitrogens with zero attached hydrogens (tertiary/aromatic N) is 3. The predicted molar refractivity (Wildman–Crippen MR) is 194 cm³/mol. The zero-order valence-electron chi connectivity index (χ0n) is 26.8. The van der Waals surface area contributed by atoms with E-state index < -0.39 is 21.7 Å². The number of fused-ring (bicyclic) bond motifs is 3. The van der Waals surface area contributed by atoms with Crippen molar-refractivity contribution >= 4 is 31.8 Å². The van der Waals surface area contributed by atoms with Crippen LogP contribution >= 0.6 is 0 Å². The molecular weight excluding hydrogens is 627 g/mol. The van der Waals surface area contributed by atoms with Gasteiger partial charge in [0, 0.05) is 17.0 Å². The van der Waals surface area contributed by atoms with Gasteiger partial charge in [0.05, 0.1) is 28.0 Å². The molecule has 8 rings (SSSR count). The molecule has 2 heterocycles. The van der Waals surface area contributed by atoms with Crippen LogP contribution in [0.1, 0.15) is 39.6 Å². The number of aromatic nitrogens is 3. The number of para-hydroxylation sites is 1. The third-order valence-corrected chi connectivity index (χ3v) is 11.1. The summed E-state index contributed by atoms with van der Waals surface area (Å²) in [5, 5.41) is 13.5. The average molecular weight is 660 g/mol. The third-order valence-electron chi connectivity index (χ3n) is 9.37. The van der Waals surface area contributed by atoms with Crippen LogP contribution in [0.3, 0.4) is 0 Å². The van der Waals surface area contributed by atoms with E-state index in [-0.39, 0.29) is 4.90 Å². The molecule has 0 aliphatic heterocycles. The summed E-state index contributed by atoms with van der Waals surface area (Å²) >= 11 is 0. The van der Waals surface area contributed by atoms with E-state index in [2.05, 4.69) is 41.0 Å². The Morgan fingerprint density at radius 1 is 0.633 bits per heavy atom. The summed E-state index contributed by atoms with van der Waals surface area (Å²) in [4.78, 5) is 4.97. The molecule has 2 aromatic heterocycles. The van der Waals surface area contributed by atoms with Crippen LogP contribution in [-0.4, -0.2) is 27.0 Å². The average Bonchev–Trinajstić information content (AvgIpc) is 3.77. The lowest BCUT2D eigenvalue weighted by Crippen LogP contribution is -2.37. The fourth-order valence-electron chi connectivity index (χ4n) is 7.02. The molecule has 0 spiro atoms. The van der Waals surface area contributed by atoms with Crippen LogP contribution in [0.2, 0.25) is 0 Å². The first-order valence-electron chi connectivity index (χ1n) is 16.1. The quantitative estimate of drug-likeness (QED) is 0.166. The molecule has 49 heavy (non-hydrogen) atoms. The van der Waals surface area contributed by atoms with E-state index >= 15 is 0 Å². The van der Waals surface area contributed by atoms with Crippen molar-refractivity contribution in [3.63, 3.8) is 0 Å². The molecule has 7 heteroatoms. The first-order valence-corrected chi connectivity index (χ1v) is 17.6. The molecule has 0 aliphatic carbocycles. The van der Waals surface area contributed by atoms with Crippen molar-refractivity contribution < 1.29 is 13.5 Å². The maximum Gasteiger partial charge on any atom is 0.268 e. The molecule has 1 atom stereocenters. The van der Waals surface area contributed by atoms with Gasteiger partial charge >= 0.3 is 0 Å². The minimum Gasteiger partial charge on any atom is -0.382 e. The molecule has 0 radical (unpaired) electrons. The lowest BCUT2D eigenvalue weighted by atomic mass is 9.77. The smallest absolute Gasteiger partial charge is 0.268 e. The number of hydrogen-bond acceptors (Lipinski definition) is 4. The van der Waals surface area contributed by atoms with E-state index in [0.717, 1.165) is 33.0 Å². The number of aliphatic hydroxyl groups excluding tert-OH is 1. The Morgan fingerprint density at radius 2 is 1.16 bits per heavy atom. The van der Waals surface area contributed by atoms with Crippen LogP contribution in [0.5, 0.6) is 0 Å². The van der Waals surface area contributed by atoms with Gasteiger partial charge in [-0.05, 0) is 53.4 Å². The van der Waals surface area contributed by atoms with Crippen LogP contribution in [0.4, 0.5) is 0 Å². The fraction of sp³-hybridized carbons (Fsp3) is 0.0714. The zero-order chi connectivity index (χ0) is 33.6. The van der Waals surface area contributed by atoms with Crippen molar-refractivity contribution in [2.24, 2.45) is 0 Å². The maximum atomic E-state index is 14.2. The second-order valence-corrected chi connectivity index (χ2v) is 14.1. The molecule has 240 valence electrons. The molecular formula is C42H33N3O3S. The van der Waals surface area contributed by atoms with Gasteiger partial charge in [-0.15, -0.1) is 0 Å². The number of hydrogen-bond donors (Lipinski definition) is 1. The second kappa shape index (κ2) is 12.0. The van der Waals surface area contributed by atoms with Crippen molar-refractivity contribution in [2.45, 2.75) is 23.5 Å². The highest BCUT2D eigenvalue weighted by Crippen LogP contribution is 2.42. The van der Waals surface area contributed by atoms with E-state index in [1.165, 1.54) is 3.97 Å². The van der Waals surface area contributed by atoms with Gasteiger partial charge < -0.3 is 9.67 Å². The minimum atomic E-state index is -3.96. The Morgan fingerprint density at radius 3 is 1.76 bits per heavy atom. The molecule has 6 nitrogen and oxygen atoms in total. The first-order chi connectivity index (χ1) is 23.9. The fourth-order valence-corrected chi connectivity index (χ4v) is 8.54. The Hall–Kier alpha value is -5.76. The number of benzene rings is 6. The van der Waals surface area contributed by atoms with Gasteiger partial charge in [0.15, 0.2) is 0 Å². The molecule has 1 N–H and O–H groups in total. The van der Waals surface area contributed by atoms with Crippen molar-refractivity contribution in [3.8, 4) is 0 Å². The molecule has 0 amide bonds. The highest BCUT2D eigenvalue weighted by Gasteiger charge is 2.38. The Balaban J connectivity index is 1.29. The summed E-state index contributed by atoms with van der Waals surface area (Å²) in [5.41, 5.74) is 5.35. The first kappa shape index (κ1) is 30.6. The van der Waals surface area contributed by atoms with Crippen LogP contribution < -0.4 is 0 Å². The molecule has 1 unspecified atom stereocenters. The summed E-state index contributed by atoms with van der Waals surface area (Å²) in [6, 6.07) is 50.7. The van der Waals surface area contributed by atoms with Gasteiger partial charge in [-0.2, -0.15) is 0 Å². The van der Waals surface area contributed by atoms with Gasteiger partial charge in [-0.3, -0.25) is 0 Å². The molecule has 6 aromatic carbocycles. The largest absolute Gasteiger partial charge is 0.382 e. The Labute approximate surface area is 285 Å². The van der Waals surface area contributed by atoms with E-state index in [4.69, 9.17) is 4.98 Å². The van der Waals surface area contributed by atoms with Crippen molar-refractivity contribution in [1.29, 1.82) is 0 Å². The van der Waals surface area contributed by atoms with E-state index in [1.54, 1.807) is 36.7 Å². The maximum absolute atomic E-state index is 14.2. The third kappa shape index (κ3) is 4.98. The molecule has 0 fully saturated rings. The number of aryl methyl sites for hydroxylation is 1.